The van der Waals surface area contributed by atoms with Gasteiger partial charge in [-0.3, -0.25) is 4.98 Å². The molecule has 26 heavy (non-hydrogen) atoms. The van der Waals surface area contributed by atoms with Crippen LogP contribution in [-0.4, -0.2) is 11.6 Å². The molecular weight excluding hydrogens is 318 g/mol. The van der Waals surface area contributed by atoms with E-state index in [0.29, 0.717) is 0 Å². The van der Waals surface area contributed by atoms with E-state index in [1.807, 2.05) is 18.3 Å². The average Bonchev–Trinajstić information content (AvgIpc) is 2.68. The molecule has 0 atom stereocenters. The minimum absolute atomic E-state index is 0.778. The summed E-state index contributed by atoms with van der Waals surface area (Å²) in [6.07, 6.45) is 14.5. The summed E-state index contributed by atoms with van der Waals surface area (Å²) in [5.41, 5.74) is 3.51. The number of nitrogens with zero attached hydrogens (tertiary/aromatic N) is 1. The number of aryl methyl sites for hydroxylation is 1. The molecule has 0 spiro atoms. The van der Waals surface area contributed by atoms with Crippen molar-refractivity contribution in [3.63, 3.8) is 0 Å². The lowest BCUT2D eigenvalue weighted by Crippen LogP contribution is -2.00. The van der Waals surface area contributed by atoms with Gasteiger partial charge in [0.2, 0.25) is 0 Å². The lowest BCUT2D eigenvalue weighted by Gasteiger charge is -2.11. The van der Waals surface area contributed by atoms with Crippen LogP contribution in [-0.2, 0) is 6.42 Å². The molecule has 0 saturated heterocycles. The zero-order valence-corrected chi connectivity index (χ0v) is 16.7. The van der Waals surface area contributed by atoms with E-state index in [0.717, 1.165) is 36.5 Å². The maximum atomic E-state index is 6.05. The van der Waals surface area contributed by atoms with Crippen LogP contribution in [0.25, 0.3) is 11.3 Å². The fraction of sp³-hybridized carbons (Fsp3) is 0.542. The first-order chi connectivity index (χ1) is 12.8. The van der Waals surface area contributed by atoms with Crippen LogP contribution in [0.15, 0.2) is 42.6 Å². The third kappa shape index (κ3) is 7.19. The Morgan fingerprint density at radius 2 is 1.46 bits per heavy atom. The first kappa shape index (κ1) is 20.5. The van der Waals surface area contributed by atoms with Crippen molar-refractivity contribution in [1.29, 1.82) is 0 Å². The molecule has 2 aromatic rings. The molecule has 1 aromatic carbocycles. The zero-order valence-electron chi connectivity index (χ0n) is 16.7. The number of hydrogen-bond donors (Lipinski definition) is 0. The van der Waals surface area contributed by atoms with Crippen LogP contribution >= 0.6 is 0 Å². The summed E-state index contributed by atoms with van der Waals surface area (Å²) in [5, 5.41) is 0. The molecule has 1 heterocycles. The zero-order chi connectivity index (χ0) is 18.5. The fourth-order valence-electron chi connectivity index (χ4n) is 3.20. The SMILES string of the molecule is CCCCCCCCOc1cccnc1-c1ccc(CCCCC)cc1. The molecule has 0 amide bonds. The summed E-state index contributed by atoms with van der Waals surface area (Å²) >= 11 is 0. The van der Waals surface area contributed by atoms with Crippen molar-refractivity contribution in [2.75, 3.05) is 6.61 Å². The van der Waals surface area contributed by atoms with Gasteiger partial charge in [-0.1, -0.05) is 83.1 Å². The maximum Gasteiger partial charge on any atom is 0.145 e. The minimum Gasteiger partial charge on any atom is -0.491 e. The van der Waals surface area contributed by atoms with E-state index in [4.69, 9.17) is 4.74 Å². The average molecular weight is 354 g/mol. The molecule has 0 aliphatic carbocycles. The number of unbranched alkanes of at least 4 members (excludes halogenated alkanes) is 7. The molecular formula is C24H35NO. The van der Waals surface area contributed by atoms with Crippen molar-refractivity contribution < 1.29 is 4.74 Å². The Labute approximate surface area is 160 Å². The third-order valence-corrected chi connectivity index (χ3v) is 4.82. The largest absolute Gasteiger partial charge is 0.491 e. The molecule has 0 aliphatic rings. The van der Waals surface area contributed by atoms with Crippen molar-refractivity contribution in [3.8, 4) is 17.0 Å². The van der Waals surface area contributed by atoms with Crippen molar-refractivity contribution in [3.05, 3.63) is 48.2 Å². The monoisotopic (exact) mass is 353 g/mol. The first-order valence-corrected chi connectivity index (χ1v) is 10.5. The lowest BCUT2D eigenvalue weighted by molar-refractivity contribution is 0.304. The van der Waals surface area contributed by atoms with Gasteiger partial charge in [0, 0.05) is 11.8 Å². The van der Waals surface area contributed by atoms with Gasteiger partial charge in [-0.2, -0.15) is 0 Å². The first-order valence-electron chi connectivity index (χ1n) is 10.5. The number of ether oxygens (including phenoxy) is 1. The van der Waals surface area contributed by atoms with Crippen molar-refractivity contribution in [2.45, 2.75) is 78.1 Å². The van der Waals surface area contributed by atoms with Gasteiger partial charge < -0.3 is 4.74 Å². The molecule has 0 radical (unpaired) electrons. The van der Waals surface area contributed by atoms with Gasteiger partial charge in [0.15, 0.2) is 0 Å². The Bertz CT molecular complexity index is 606. The van der Waals surface area contributed by atoms with E-state index in [1.54, 1.807) is 0 Å². The van der Waals surface area contributed by atoms with Crippen LogP contribution in [0.2, 0.25) is 0 Å². The lowest BCUT2D eigenvalue weighted by atomic mass is 10.0. The quantitative estimate of drug-likeness (QED) is 0.355. The number of pyridine rings is 1. The molecule has 0 fully saturated rings. The van der Waals surface area contributed by atoms with Crippen molar-refractivity contribution in [2.24, 2.45) is 0 Å². The maximum absolute atomic E-state index is 6.05. The highest BCUT2D eigenvalue weighted by Gasteiger charge is 2.07. The smallest absolute Gasteiger partial charge is 0.145 e. The van der Waals surface area contributed by atoms with Gasteiger partial charge in [0.25, 0.3) is 0 Å². The summed E-state index contributed by atoms with van der Waals surface area (Å²) in [5.74, 6) is 0.903. The molecule has 1 aromatic heterocycles. The Balaban J connectivity index is 1.87. The molecule has 2 rings (SSSR count). The van der Waals surface area contributed by atoms with Crippen molar-refractivity contribution >= 4 is 0 Å². The number of rotatable bonds is 13. The van der Waals surface area contributed by atoms with Gasteiger partial charge in [0.05, 0.1) is 6.61 Å². The van der Waals surface area contributed by atoms with Crippen LogP contribution in [0.3, 0.4) is 0 Å². The summed E-state index contributed by atoms with van der Waals surface area (Å²) in [7, 11) is 0. The second-order valence-corrected chi connectivity index (χ2v) is 7.12. The highest BCUT2D eigenvalue weighted by molar-refractivity contribution is 5.66. The molecule has 0 aliphatic heterocycles. The standard InChI is InChI=1S/C24H35NO/c1-3-5-7-8-9-11-20-26-23-14-12-19-25-24(23)22-17-15-21(16-18-22)13-10-6-4-2/h12,14-19H,3-11,13,20H2,1-2H3. The molecule has 142 valence electrons. The third-order valence-electron chi connectivity index (χ3n) is 4.82. The topological polar surface area (TPSA) is 22.1 Å². The molecule has 0 N–H and O–H groups in total. The van der Waals surface area contributed by atoms with Gasteiger partial charge >= 0.3 is 0 Å². The Morgan fingerprint density at radius 3 is 2.23 bits per heavy atom. The van der Waals surface area contributed by atoms with E-state index in [9.17, 15) is 0 Å². The van der Waals surface area contributed by atoms with Crippen molar-refractivity contribution in [1.82, 2.24) is 4.98 Å². The fourth-order valence-corrected chi connectivity index (χ4v) is 3.20. The van der Waals surface area contributed by atoms with Crippen LogP contribution in [0, 0.1) is 0 Å². The second kappa shape index (κ2) is 12.5. The van der Waals surface area contributed by atoms with E-state index in [1.165, 1.54) is 56.9 Å². The number of aromatic nitrogens is 1. The molecule has 0 unspecified atom stereocenters. The Morgan fingerprint density at radius 1 is 0.769 bits per heavy atom. The normalized spacial score (nSPS) is 10.8. The second-order valence-electron chi connectivity index (χ2n) is 7.12. The minimum atomic E-state index is 0.778. The van der Waals surface area contributed by atoms with Crippen LogP contribution in [0.1, 0.15) is 77.2 Å². The predicted molar refractivity (Wildman–Crippen MR) is 112 cm³/mol. The van der Waals surface area contributed by atoms with Crippen LogP contribution < -0.4 is 4.74 Å². The number of hydrogen-bond acceptors (Lipinski definition) is 2. The summed E-state index contributed by atoms with van der Waals surface area (Å²) in [6, 6.07) is 12.8. The predicted octanol–water partition coefficient (Wildman–Crippen LogP) is 7.22. The molecule has 2 nitrogen and oxygen atoms in total. The van der Waals surface area contributed by atoms with Crippen LogP contribution in [0.4, 0.5) is 0 Å². The van der Waals surface area contributed by atoms with E-state index in [-0.39, 0.29) is 0 Å². The van der Waals surface area contributed by atoms with Gasteiger partial charge in [-0.15, -0.1) is 0 Å². The Hall–Kier alpha value is -1.83. The van der Waals surface area contributed by atoms with E-state index in [2.05, 4.69) is 43.1 Å². The highest BCUT2D eigenvalue weighted by atomic mass is 16.5. The highest BCUT2D eigenvalue weighted by Crippen LogP contribution is 2.28. The summed E-state index contributed by atoms with van der Waals surface area (Å²) < 4.78 is 6.05. The summed E-state index contributed by atoms with van der Waals surface area (Å²) in [6.45, 7) is 5.28. The summed E-state index contributed by atoms with van der Waals surface area (Å²) in [4.78, 5) is 4.57. The number of benzene rings is 1. The molecule has 2 heteroatoms. The Kier molecular flexibility index (Phi) is 9.86. The van der Waals surface area contributed by atoms with Gasteiger partial charge in [-0.25, -0.2) is 0 Å². The molecule has 0 bridgehead atoms. The van der Waals surface area contributed by atoms with Gasteiger partial charge in [-0.05, 0) is 37.0 Å². The van der Waals surface area contributed by atoms with Crippen LogP contribution in [0.5, 0.6) is 5.75 Å². The van der Waals surface area contributed by atoms with E-state index >= 15 is 0 Å². The molecule has 0 saturated carbocycles. The van der Waals surface area contributed by atoms with E-state index < -0.39 is 0 Å². The van der Waals surface area contributed by atoms with Gasteiger partial charge in [0.1, 0.15) is 11.4 Å².